The highest BCUT2D eigenvalue weighted by atomic mass is 35.5. The van der Waals surface area contributed by atoms with E-state index in [0.29, 0.717) is 11.3 Å². The number of ether oxygens (including phenoxy) is 3. The van der Waals surface area contributed by atoms with Gasteiger partial charge in [0.1, 0.15) is 29.0 Å². The van der Waals surface area contributed by atoms with E-state index in [1.165, 1.54) is 7.11 Å². The Labute approximate surface area is 229 Å². The third-order valence-corrected chi connectivity index (χ3v) is 5.45. The van der Waals surface area contributed by atoms with E-state index in [0.717, 1.165) is 12.8 Å². The maximum absolute atomic E-state index is 12.5. The van der Waals surface area contributed by atoms with Crippen molar-refractivity contribution in [1.29, 1.82) is 0 Å². The minimum absolute atomic E-state index is 0. The van der Waals surface area contributed by atoms with Gasteiger partial charge in [-0.25, -0.2) is 4.79 Å². The summed E-state index contributed by atoms with van der Waals surface area (Å²) < 4.78 is 15.8. The number of rotatable bonds is 9. The number of methoxy groups -OCH3 is 1. The molecule has 0 saturated heterocycles. The van der Waals surface area contributed by atoms with Crippen LogP contribution in [0.2, 0.25) is 0 Å². The van der Waals surface area contributed by atoms with Crippen molar-refractivity contribution in [2.75, 3.05) is 7.11 Å². The summed E-state index contributed by atoms with van der Waals surface area (Å²) in [4.78, 5) is 36.4. The van der Waals surface area contributed by atoms with Gasteiger partial charge in [0.2, 0.25) is 0 Å². The highest BCUT2D eigenvalue weighted by Crippen LogP contribution is 2.20. The van der Waals surface area contributed by atoms with Gasteiger partial charge in [-0.15, -0.1) is 12.4 Å². The first-order valence-corrected chi connectivity index (χ1v) is 12.6. The standard InChI is InChI=1S/C18H27NO4.C10H21NO2.ClH/c1-7-12(2)15(17(21)23-18(3,4)5)19-16(20)13-10-8-9-11-14(13)22-6;1-6-7(2)8(11)9(12)13-10(3,4)5;/h8-12,15H,7H2,1-6H3,(H,19,20);7-8H,6,11H2,1-5H3;1H/t12?,15-;7-,8-;/m00./s1. The number of carbonyl (C=O) groups excluding carboxylic acids is 3. The van der Waals surface area contributed by atoms with Gasteiger partial charge in [-0.05, 0) is 65.5 Å². The van der Waals surface area contributed by atoms with Crippen molar-refractivity contribution in [2.24, 2.45) is 17.6 Å². The summed E-state index contributed by atoms with van der Waals surface area (Å²) in [6, 6.07) is 5.72. The molecule has 0 fully saturated rings. The number of benzene rings is 1. The lowest BCUT2D eigenvalue weighted by Gasteiger charge is -2.27. The quantitative estimate of drug-likeness (QED) is 0.405. The van der Waals surface area contributed by atoms with Crippen molar-refractivity contribution in [1.82, 2.24) is 5.32 Å². The van der Waals surface area contributed by atoms with Crippen LogP contribution in [-0.2, 0) is 19.1 Å². The summed E-state index contributed by atoms with van der Waals surface area (Å²) in [6.07, 6.45) is 1.64. The Morgan fingerprint density at radius 3 is 1.76 bits per heavy atom. The van der Waals surface area contributed by atoms with Gasteiger partial charge in [-0.2, -0.15) is 0 Å². The van der Waals surface area contributed by atoms with Crippen molar-refractivity contribution in [3.63, 3.8) is 0 Å². The van der Waals surface area contributed by atoms with E-state index < -0.39 is 29.3 Å². The average molecular weight is 545 g/mol. The number of hydrogen-bond acceptors (Lipinski definition) is 7. The molecule has 0 aliphatic heterocycles. The fourth-order valence-electron chi connectivity index (χ4n) is 2.94. The Bertz CT molecular complexity index is 848. The van der Waals surface area contributed by atoms with Gasteiger partial charge in [0.05, 0.1) is 12.7 Å². The van der Waals surface area contributed by atoms with Crippen LogP contribution in [-0.4, -0.2) is 48.2 Å². The Morgan fingerprint density at radius 1 is 0.865 bits per heavy atom. The molecule has 8 nitrogen and oxygen atoms in total. The highest BCUT2D eigenvalue weighted by Gasteiger charge is 2.31. The van der Waals surface area contributed by atoms with Crippen molar-refractivity contribution >= 4 is 30.3 Å². The molecule has 0 bridgehead atoms. The van der Waals surface area contributed by atoms with Crippen LogP contribution in [0.25, 0.3) is 0 Å². The van der Waals surface area contributed by atoms with Crippen molar-refractivity contribution in [3.8, 4) is 5.75 Å². The zero-order valence-electron chi connectivity index (χ0n) is 24.5. The number of carbonyl (C=O) groups is 3. The van der Waals surface area contributed by atoms with Gasteiger partial charge in [0.15, 0.2) is 0 Å². The zero-order chi connectivity index (χ0) is 28.3. The predicted octanol–water partition coefficient (Wildman–Crippen LogP) is 5.30. The van der Waals surface area contributed by atoms with Crippen LogP contribution in [0.1, 0.15) is 92.4 Å². The number of hydrogen-bond donors (Lipinski definition) is 2. The first kappa shape index (κ1) is 36.8. The van der Waals surface area contributed by atoms with Crippen LogP contribution >= 0.6 is 12.4 Å². The molecule has 9 heteroatoms. The Morgan fingerprint density at radius 2 is 1.32 bits per heavy atom. The molecular weight excluding hydrogens is 496 g/mol. The first-order chi connectivity index (χ1) is 16.5. The van der Waals surface area contributed by atoms with Crippen LogP contribution in [0.3, 0.4) is 0 Å². The maximum Gasteiger partial charge on any atom is 0.329 e. The molecule has 3 N–H and O–H groups in total. The van der Waals surface area contributed by atoms with Crippen molar-refractivity contribution < 1.29 is 28.6 Å². The van der Waals surface area contributed by atoms with Gasteiger partial charge in [-0.3, -0.25) is 9.59 Å². The van der Waals surface area contributed by atoms with Gasteiger partial charge in [0.25, 0.3) is 5.91 Å². The number of para-hydroxylation sites is 1. The fraction of sp³-hybridized carbons (Fsp3) is 0.679. The third-order valence-electron chi connectivity index (χ3n) is 5.45. The van der Waals surface area contributed by atoms with E-state index in [1.807, 2.05) is 48.5 Å². The molecule has 0 aliphatic rings. The number of nitrogens with two attached hydrogens (primary N) is 1. The molecular formula is C28H49ClN2O6. The van der Waals surface area contributed by atoms with Gasteiger partial charge < -0.3 is 25.3 Å². The lowest BCUT2D eigenvalue weighted by Crippen LogP contribution is -2.47. The second kappa shape index (κ2) is 16.5. The molecule has 1 aromatic carbocycles. The lowest BCUT2D eigenvalue weighted by atomic mass is 9.98. The zero-order valence-corrected chi connectivity index (χ0v) is 25.3. The van der Waals surface area contributed by atoms with Crippen LogP contribution < -0.4 is 15.8 Å². The molecule has 1 amide bonds. The summed E-state index contributed by atoms with van der Waals surface area (Å²) in [5.41, 5.74) is 5.06. The molecule has 1 rings (SSSR count). The molecule has 4 atom stereocenters. The summed E-state index contributed by atoms with van der Waals surface area (Å²) in [7, 11) is 1.51. The maximum atomic E-state index is 12.5. The monoisotopic (exact) mass is 544 g/mol. The second-order valence-electron chi connectivity index (χ2n) is 11.0. The van der Waals surface area contributed by atoms with E-state index in [9.17, 15) is 14.4 Å². The SMILES string of the molecule is CCC(C)[C@H](NC(=O)c1ccccc1OC)C(=O)OC(C)(C)C.CC[C@H](C)[C@H](N)C(=O)OC(C)(C)C.Cl. The minimum atomic E-state index is -0.698. The minimum Gasteiger partial charge on any atom is -0.496 e. The summed E-state index contributed by atoms with van der Waals surface area (Å²) in [6.45, 7) is 18.8. The predicted molar refractivity (Wildman–Crippen MR) is 150 cm³/mol. The number of halogens is 1. The van der Waals surface area contributed by atoms with Crippen LogP contribution in [0, 0.1) is 11.8 Å². The number of esters is 2. The molecule has 0 aromatic heterocycles. The van der Waals surface area contributed by atoms with E-state index in [1.54, 1.807) is 45.0 Å². The van der Waals surface area contributed by atoms with Gasteiger partial charge in [-0.1, -0.05) is 52.7 Å². The third kappa shape index (κ3) is 14.3. The van der Waals surface area contributed by atoms with E-state index in [-0.39, 0.29) is 36.1 Å². The second-order valence-corrected chi connectivity index (χ2v) is 11.0. The van der Waals surface area contributed by atoms with E-state index in [4.69, 9.17) is 19.9 Å². The first-order valence-electron chi connectivity index (χ1n) is 12.6. The topological polar surface area (TPSA) is 117 Å². The smallest absolute Gasteiger partial charge is 0.329 e. The van der Waals surface area contributed by atoms with Crippen LogP contribution in [0.5, 0.6) is 5.75 Å². The Balaban J connectivity index is 0. The number of nitrogens with one attached hydrogen (secondary N) is 1. The normalized spacial score (nSPS) is 14.4. The van der Waals surface area contributed by atoms with E-state index >= 15 is 0 Å². The molecule has 37 heavy (non-hydrogen) atoms. The van der Waals surface area contributed by atoms with Crippen LogP contribution in [0.15, 0.2) is 24.3 Å². The van der Waals surface area contributed by atoms with Crippen LogP contribution in [0.4, 0.5) is 0 Å². The van der Waals surface area contributed by atoms with Gasteiger partial charge in [0, 0.05) is 0 Å². The molecule has 0 saturated carbocycles. The van der Waals surface area contributed by atoms with Crippen molar-refractivity contribution in [2.45, 2.75) is 105 Å². The molecule has 0 spiro atoms. The Kier molecular flexibility index (Phi) is 16.4. The highest BCUT2D eigenvalue weighted by molar-refractivity contribution is 5.99. The van der Waals surface area contributed by atoms with E-state index in [2.05, 4.69) is 5.32 Å². The Hall–Kier alpha value is -2.32. The van der Waals surface area contributed by atoms with Crippen molar-refractivity contribution in [3.05, 3.63) is 29.8 Å². The molecule has 0 aliphatic carbocycles. The largest absolute Gasteiger partial charge is 0.496 e. The molecule has 0 radical (unpaired) electrons. The van der Waals surface area contributed by atoms with Gasteiger partial charge >= 0.3 is 11.9 Å². The fourth-order valence-corrected chi connectivity index (χ4v) is 2.94. The summed E-state index contributed by atoms with van der Waals surface area (Å²) in [5.74, 6) is -0.467. The number of amides is 1. The molecule has 0 heterocycles. The summed E-state index contributed by atoms with van der Waals surface area (Å²) >= 11 is 0. The molecule has 214 valence electrons. The molecule has 1 unspecified atom stereocenters. The average Bonchev–Trinajstić information content (AvgIpc) is 2.78. The summed E-state index contributed by atoms with van der Waals surface area (Å²) in [5, 5.41) is 2.79. The molecule has 1 aromatic rings. The lowest BCUT2D eigenvalue weighted by molar-refractivity contribution is -0.159.